The van der Waals surface area contributed by atoms with E-state index < -0.39 is 12.1 Å². The Morgan fingerprint density at radius 2 is 1.47 bits per heavy atom. The minimum Gasteiger partial charge on any atom is -0.355 e. The van der Waals surface area contributed by atoms with Gasteiger partial charge in [-0.2, -0.15) is 0 Å². The van der Waals surface area contributed by atoms with Crippen molar-refractivity contribution in [2.24, 2.45) is 5.92 Å². The van der Waals surface area contributed by atoms with Crippen LogP contribution in [0.3, 0.4) is 0 Å². The number of likely N-dealkylation sites (tertiary alicyclic amines) is 1. The molecule has 4 N–H and O–H groups in total. The molecule has 1 aliphatic heterocycles. The Morgan fingerprint density at radius 3 is 2.19 bits per heavy atom. The Balaban J connectivity index is 0.972. The summed E-state index contributed by atoms with van der Waals surface area (Å²) in [6.07, 6.45) is 7.04. The van der Waals surface area contributed by atoms with E-state index in [1.54, 1.807) is 9.80 Å². The predicted octanol–water partition coefficient (Wildman–Crippen LogP) is 7.62. The quantitative estimate of drug-likeness (QED) is 0.0917. The van der Waals surface area contributed by atoms with Crippen LogP contribution < -0.4 is 16.0 Å². The maximum absolute atomic E-state index is 14.2. The molecule has 2 aliphatic rings. The van der Waals surface area contributed by atoms with Gasteiger partial charge in [0.25, 0.3) is 0 Å². The molecule has 2 atom stereocenters. The van der Waals surface area contributed by atoms with Gasteiger partial charge in [0.05, 0.1) is 13.0 Å². The predicted molar refractivity (Wildman–Crippen MR) is 227 cm³/mol. The second-order valence-electron chi connectivity index (χ2n) is 15.5. The summed E-state index contributed by atoms with van der Waals surface area (Å²) in [5.74, 6) is -1.07. The van der Waals surface area contributed by atoms with E-state index in [0.717, 1.165) is 66.2 Å². The van der Waals surface area contributed by atoms with Gasteiger partial charge in [-0.25, -0.2) is 0 Å². The first-order chi connectivity index (χ1) is 28.2. The van der Waals surface area contributed by atoms with Crippen molar-refractivity contribution >= 4 is 51.8 Å². The van der Waals surface area contributed by atoms with Crippen molar-refractivity contribution in [1.82, 2.24) is 20.1 Å². The molecule has 1 saturated carbocycles. The normalized spacial score (nSPS) is 16.1. The maximum Gasteiger partial charge on any atom is 0.250 e. The van der Waals surface area contributed by atoms with Crippen LogP contribution in [0, 0.1) is 5.92 Å². The Hall–Kier alpha value is -6.23. The van der Waals surface area contributed by atoms with Gasteiger partial charge in [0.15, 0.2) is 0 Å². The smallest absolute Gasteiger partial charge is 0.250 e. The molecule has 0 radical (unpaired) electrons. The van der Waals surface area contributed by atoms with Crippen LogP contribution >= 0.6 is 0 Å². The number of carbonyl (C=O) groups excluding carboxylic acids is 5. The van der Waals surface area contributed by atoms with Gasteiger partial charge >= 0.3 is 0 Å². The SMILES string of the molecule is CCCN(CC(=O)Nc1ccc(-c2cc3cc(NC(=O)[C@@H]4CCCN4C(=O)[C@H](NC(=O)C4CCCCC4)c4ccccc4)ccc3[nH]2)cc1)C(=O)Cc1ccccc1. The molecule has 1 aromatic heterocycles. The monoisotopic (exact) mass is 780 g/mol. The minimum absolute atomic E-state index is 0.0238. The summed E-state index contributed by atoms with van der Waals surface area (Å²) in [6.45, 7) is 2.90. The molecule has 7 rings (SSSR count). The zero-order chi connectivity index (χ0) is 40.4. The van der Waals surface area contributed by atoms with E-state index in [4.69, 9.17) is 0 Å². The van der Waals surface area contributed by atoms with Gasteiger partial charge in [0.1, 0.15) is 12.1 Å². The molecule has 0 unspecified atom stereocenters. The van der Waals surface area contributed by atoms with Gasteiger partial charge in [0, 0.05) is 47.0 Å². The Bertz CT molecular complexity index is 2210. The molecule has 11 nitrogen and oxygen atoms in total. The molecule has 58 heavy (non-hydrogen) atoms. The van der Waals surface area contributed by atoms with Crippen molar-refractivity contribution in [2.75, 3.05) is 30.3 Å². The molecular weight excluding hydrogens is 729 g/mol. The van der Waals surface area contributed by atoms with Crippen molar-refractivity contribution in [1.29, 1.82) is 0 Å². The van der Waals surface area contributed by atoms with Crippen LogP contribution in [0.4, 0.5) is 11.4 Å². The summed E-state index contributed by atoms with van der Waals surface area (Å²) in [4.78, 5) is 73.9. The van der Waals surface area contributed by atoms with Gasteiger partial charge in [-0.05, 0) is 85.2 Å². The number of nitrogens with zero attached hydrogens (tertiary/aromatic N) is 2. The second-order valence-corrected chi connectivity index (χ2v) is 15.5. The van der Waals surface area contributed by atoms with E-state index in [1.807, 2.05) is 116 Å². The lowest BCUT2D eigenvalue weighted by Gasteiger charge is -2.30. The van der Waals surface area contributed by atoms with Crippen LogP contribution in [0.5, 0.6) is 0 Å². The highest BCUT2D eigenvalue weighted by molar-refractivity contribution is 6.01. The molecule has 2 heterocycles. The van der Waals surface area contributed by atoms with E-state index >= 15 is 0 Å². The summed E-state index contributed by atoms with van der Waals surface area (Å²) in [6, 6.07) is 32.5. The Morgan fingerprint density at radius 1 is 0.759 bits per heavy atom. The Kier molecular flexibility index (Phi) is 13.0. The molecule has 1 aliphatic carbocycles. The van der Waals surface area contributed by atoms with Crippen LogP contribution in [-0.4, -0.2) is 70.0 Å². The zero-order valence-electron chi connectivity index (χ0n) is 33.0. The lowest BCUT2D eigenvalue weighted by Crippen LogP contribution is -2.49. The fourth-order valence-electron chi connectivity index (χ4n) is 8.17. The number of H-pyrrole nitrogens is 1. The first kappa shape index (κ1) is 40.0. The lowest BCUT2D eigenvalue weighted by molar-refractivity contribution is -0.141. The average Bonchev–Trinajstić information content (AvgIpc) is 3.92. The highest BCUT2D eigenvalue weighted by Crippen LogP contribution is 2.30. The number of hydrogen-bond acceptors (Lipinski definition) is 5. The Labute approximate surface area is 339 Å². The number of aromatic amines is 1. The summed E-state index contributed by atoms with van der Waals surface area (Å²) in [5, 5.41) is 9.93. The molecular formula is C47H52N6O5. The highest BCUT2D eigenvalue weighted by atomic mass is 16.2. The first-order valence-corrected chi connectivity index (χ1v) is 20.6. The van der Waals surface area contributed by atoms with Crippen LogP contribution in [-0.2, 0) is 30.4 Å². The van der Waals surface area contributed by atoms with E-state index in [9.17, 15) is 24.0 Å². The molecule has 5 amide bonds. The van der Waals surface area contributed by atoms with Crippen molar-refractivity contribution < 1.29 is 24.0 Å². The number of amides is 5. The molecule has 1 saturated heterocycles. The molecule has 4 aromatic carbocycles. The molecule has 11 heteroatoms. The lowest BCUT2D eigenvalue weighted by atomic mass is 9.88. The maximum atomic E-state index is 14.2. The number of aromatic nitrogens is 1. The fraction of sp³-hybridized carbons (Fsp3) is 0.340. The van der Waals surface area contributed by atoms with Gasteiger partial charge in [-0.15, -0.1) is 0 Å². The van der Waals surface area contributed by atoms with E-state index in [0.29, 0.717) is 42.9 Å². The van der Waals surface area contributed by atoms with Crippen molar-refractivity contribution in [3.05, 3.63) is 120 Å². The number of carbonyl (C=O) groups is 5. The summed E-state index contributed by atoms with van der Waals surface area (Å²) in [7, 11) is 0. The van der Waals surface area contributed by atoms with Crippen LogP contribution in [0.15, 0.2) is 109 Å². The third-order valence-electron chi connectivity index (χ3n) is 11.2. The number of anilines is 2. The van der Waals surface area contributed by atoms with Gasteiger partial charge in [-0.1, -0.05) is 99.0 Å². The standard InChI is InChI=1S/C47H52N6O5/c1-2-26-52(43(55)28-32-13-6-3-7-14-32)31-42(54)48-37-22-20-33(21-23-37)40-30-36-29-38(24-25-39(36)50-40)49-46(57)41-19-12-27-53(41)47(58)44(34-15-8-4-9-16-34)51-45(56)35-17-10-5-11-18-35/h3-4,6-9,13-16,20-25,29-30,35,41,44,50H,2,5,10-12,17-19,26-28,31H2,1H3,(H,48,54)(H,49,57)(H,51,56)/t41-,44+/m0/s1. The van der Waals surface area contributed by atoms with Crippen molar-refractivity contribution in [3.8, 4) is 11.3 Å². The van der Waals surface area contributed by atoms with Crippen molar-refractivity contribution in [2.45, 2.75) is 76.8 Å². The van der Waals surface area contributed by atoms with E-state index in [-0.39, 0.29) is 48.4 Å². The summed E-state index contributed by atoms with van der Waals surface area (Å²) >= 11 is 0. The van der Waals surface area contributed by atoms with Crippen LogP contribution in [0.2, 0.25) is 0 Å². The number of hydrogen-bond donors (Lipinski definition) is 4. The number of fused-ring (bicyclic) bond motifs is 1. The largest absolute Gasteiger partial charge is 0.355 e. The second kappa shape index (κ2) is 18.8. The molecule has 5 aromatic rings. The number of benzene rings is 4. The average molecular weight is 781 g/mol. The van der Waals surface area contributed by atoms with Crippen LogP contribution in [0.1, 0.15) is 75.5 Å². The molecule has 300 valence electrons. The van der Waals surface area contributed by atoms with Gasteiger partial charge in [0.2, 0.25) is 29.5 Å². The first-order valence-electron chi connectivity index (χ1n) is 20.6. The molecule has 2 fully saturated rings. The third-order valence-corrected chi connectivity index (χ3v) is 11.2. The summed E-state index contributed by atoms with van der Waals surface area (Å²) < 4.78 is 0. The van der Waals surface area contributed by atoms with Gasteiger partial charge < -0.3 is 30.7 Å². The highest BCUT2D eigenvalue weighted by Gasteiger charge is 2.39. The molecule has 0 spiro atoms. The topological polar surface area (TPSA) is 144 Å². The van der Waals surface area contributed by atoms with Crippen LogP contribution in [0.25, 0.3) is 22.2 Å². The third kappa shape index (κ3) is 9.82. The van der Waals surface area contributed by atoms with E-state index in [2.05, 4.69) is 20.9 Å². The minimum atomic E-state index is -0.860. The number of nitrogens with one attached hydrogen (secondary N) is 4. The molecule has 0 bridgehead atoms. The fourth-order valence-corrected chi connectivity index (χ4v) is 8.17. The van der Waals surface area contributed by atoms with Crippen molar-refractivity contribution in [3.63, 3.8) is 0 Å². The zero-order valence-corrected chi connectivity index (χ0v) is 33.0. The summed E-state index contributed by atoms with van der Waals surface area (Å²) in [5.41, 5.74) is 5.53. The number of rotatable bonds is 14. The van der Waals surface area contributed by atoms with Gasteiger partial charge in [-0.3, -0.25) is 24.0 Å². The van der Waals surface area contributed by atoms with E-state index in [1.165, 1.54) is 0 Å².